The Bertz CT molecular complexity index is 900. The summed E-state index contributed by atoms with van der Waals surface area (Å²) in [4.78, 5) is 13.7. The summed E-state index contributed by atoms with van der Waals surface area (Å²) < 4.78 is 19.3. The number of anilines is 1. The van der Waals surface area contributed by atoms with Gasteiger partial charge in [0.05, 0.1) is 0 Å². The maximum atomic E-state index is 13.8. The van der Waals surface area contributed by atoms with E-state index in [1.807, 2.05) is 49.4 Å². The van der Waals surface area contributed by atoms with Crippen molar-refractivity contribution in [1.82, 2.24) is 0 Å². The van der Waals surface area contributed by atoms with Crippen LogP contribution in [0.4, 0.5) is 10.1 Å². The van der Waals surface area contributed by atoms with Crippen molar-refractivity contribution in [2.24, 2.45) is 0 Å². The molecular formula is C23H22FNO2S. The zero-order chi connectivity index (χ0) is 19.8. The number of hydrogen-bond acceptors (Lipinski definition) is 3. The van der Waals surface area contributed by atoms with Crippen LogP contribution in [0, 0.1) is 5.82 Å². The maximum Gasteiger partial charge on any atom is 0.265 e. The van der Waals surface area contributed by atoms with Gasteiger partial charge in [0, 0.05) is 16.3 Å². The number of ether oxygens (including phenoxy) is 1. The predicted octanol–water partition coefficient (Wildman–Crippen LogP) is 5.91. The molecule has 144 valence electrons. The van der Waals surface area contributed by atoms with E-state index in [1.54, 1.807) is 23.9 Å². The number of carbonyl (C=O) groups excluding carboxylic acids is 1. The second kappa shape index (κ2) is 9.95. The highest BCUT2D eigenvalue weighted by molar-refractivity contribution is 7.98. The summed E-state index contributed by atoms with van der Waals surface area (Å²) in [6, 6.07) is 24.0. The Labute approximate surface area is 168 Å². The molecule has 0 radical (unpaired) electrons. The molecule has 5 heteroatoms. The van der Waals surface area contributed by atoms with E-state index in [0.717, 1.165) is 5.75 Å². The van der Waals surface area contributed by atoms with Gasteiger partial charge in [-0.3, -0.25) is 4.79 Å². The zero-order valence-electron chi connectivity index (χ0n) is 15.6. The molecule has 0 aliphatic rings. The Morgan fingerprint density at radius 2 is 1.68 bits per heavy atom. The van der Waals surface area contributed by atoms with Crippen molar-refractivity contribution in [2.45, 2.75) is 30.1 Å². The molecule has 1 atom stereocenters. The lowest BCUT2D eigenvalue weighted by Gasteiger charge is -2.17. The van der Waals surface area contributed by atoms with E-state index in [9.17, 15) is 9.18 Å². The fourth-order valence-electron chi connectivity index (χ4n) is 2.61. The quantitative estimate of drug-likeness (QED) is 0.482. The van der Waals surface area contributed by atoms with Crippen molar-refractivity contribution >= 4 is 23.4 Å². The molecule has 0 aliphatic carbocycles. The summed E-state index contributed by atoms with van der Waals surface area (Å²) >= 11 is 1.76. The minimum atomic E-state index is -0.759. The van der Waals surface area contributed by atoms with E-state index in [2.05, 4.69) is 17.4 Å². The Kier molecular flexibility index (Phi) is 7.09. The third-order valence-corrected chi connectivity index (χ3v) is 5.22. The summed E-state index contributed by atoms with van der Waals surface area (Å²) in [6.07, 6.45) is -0.323. The molecule has 0 aliphatic heterocycles. The highest BCUT2D eigenvalue weighted by atomic mass is 32.2. The van der Waals surface area contributed by atoms with E-state index in [1.165, 1.54) is 22.6 Å². The Balaban J connectivity index is 1.56. The molecule has 0 heterocycles. The first-order chi connectivity index (χ1) is 13.7. The molecule has 28 heavy (non-hydrogen) atoms. The fourth-order valence-corrected chi connectivity index (χ4v) is 3.48. The number of para-hydroxylation sites is 1. The molecular weight excluding hydrogens is 373 g/mol. The second-order valence-corrected chi connectivity index (χ2v) is 7.28. The van der Waals surface area contributed by atoms with Crippen molar-refractivity contribution in [2.75, 3.05) is 5.32 Å². The van der Waals surface area contributed by atoms with E-state index in [0.29, 0.717) is 12.1 Å². The lowest BCUT2D eigenvalue weighted by Crippen LogP contribution is -2.32. The van der Waals surface area contributed by atoms with Crippen molar-refractivity contribution in [3.05, 3.63) is 90.2 Å². The molecule has 3 aromatic carbocycles. The van der Waals surface area contributed by atoms with Gasteiger partial charge >= 0.3 is 0 Å². The van der Waals surface area contributed by atoms with Gasteiger partial charge in [0.25, 0.3) is 5.91 Å². The summed E-state index contributed by atoms with van der Waals surface area (Å²) in [5, 5.41) is 2.84. The SMILES string of the molecule is CC[C@@H](Oc1ccccc1F)C(=O)Nc1ccc(CSc2ccccc2)cc1. The number of amides is 1. The first kappa shape index (κ1) is 20.0. The standard InChI is InChI=1S/C23H22FNO2S/c1-2-21(27-22-11-7-6-10-20(22)24)23(26)25-18-14-12-17(13-15-18)16-28-19-8-4-3-5-9-19/h3-15,21H,2,16H2,1H3,(H,25,26)/t21-/m1/s1. The highest BCUT2D eigenvalue weighted by Crippen LogP contribution is 2.23. The molecule has 0 unspecified atom stereocenters. The van der Waals surface area contributed by atoms with Crippen molar-refractivity contribution < 1.29 is 13.9 Å². The average molecular weight is 395 g/mol. The molecule has 3 rings (SSSR count). The molecule has 0 spiro atoms. The first-order valence-corrected chi connectivity index (χ1v) is 10.1. The summed E-state index contributed by atoms with van der Waals surface area (Å²) in [6.45, 7) is 1.83. The van der Waals surface area contributed by atoms with Gasteiger partial charge < -0.3 is 10.1 Å². The van der Waals surface area contributed by atoms with Crippen LogP contribution >= 0.6 is 11.8 Å². The summed E-state index contributed by atoms with van der Waals surface area (Å²) in [5.41, 5.74) is 1.86. The largest absolute Gasteiger partial charge is 0.478 e. The van der Waals surface area contributed by atoms with Crippen LogP contribution in [0.3, 0.4) is 0 Å². The Morgan fingerprint density at radius 3 is 2.36 bits per heavy atom. The van der Waals surface area contributed by atoms with Crippen LogP contribution in [0.2, 0.25) is 0 Å². The van der Waals surface area contributed by atoms with E-state index in [-0.39, 0.29) is 11.7 Å². The van der Waals surface area contributed by atoms with Crippen molar-refractivity contribution in [3.8, 4) is 5.75 Å². The van der Waals surface area contributed by atoms with Gasteiger partial charge in [-0.1, -0.05) is 49.4 Å². The minimum absolute atomic E-state index is 0.0813. The first-order valence-electron chi connectivity index (χ1n) is 9.14. The van der Waals surface area contributed by atoms with E-state index in [4.69, 9.17) is 4.74 Å². The zero-order valence-corrected chi connectivity index (χ0v) is 16.4. The third-order valence-electron chi connectivity index (χ3n) is 4.14. The molecule has 3 aromatic rings. The molecule has 0 aromatic heterocycles. The monoisotopic (exact) mass is 395 g/mol. The number of rotatable bonds is 8. The normalized spacial score (nSPS) is 11.6. The molecule has 1 N–H and O–H groups in total. The van der Waals surface area contributed by atoms with Crippen LogP contribution in [0.1, 0.15) is 18.9 Å². The Morgan fingerprint density at radius 1 is 1.00 bits per heavy atom. The fraction of sp³-hybridized carbons (Fsp3) is 0.174. The topological polar surface area (TPSA) is 38.3 Å². The third kappa shape index (κ3) is 5.60. The molecule has 1 amide bonds. The average Bonchev–Trinajstić information content (AvgIpc) is 2.73. The molecule has 0 fully saturated rings. The lowest BCUT2D eigenvalue weighted by molar-refractivity contribution is -0.122. The van der Waals surface area contributed by atoms with Gasteiger partial charge in [0.2, 0.25) is 0 Å². The molecule has 0 bridgehead atoms. The summed E-state index contributed by atoms with van der Waals surface area (Å²) in [5.74, 6) is 0.163. The van der Waals surface area contributed by atoms with Gasteiger partial charge in [0.15, 0.2) is 17.7 Å². The lowest BCUT2D eigenvalue weighted by atomic mass is 10.2. The van der Waals surface area contributed by atoms with Crippen LogP contribution < -0.4 is 10.1 Å². The number of hydrogen-bond donors (Lipinski definition) is 1. The van der Waals surface area contributed by atoms with Gasteiger partial charge in [-0.05, 0) is 48.4 Å². The van der Waals surface area contributed by atoms with Gasteiger partial charge in [-0.15, -0.1) is 11.8 Å². The highest BCUT2D eigenvalue weighted by Gasteiger charge is 2.20. The maximum absolute atomic E-state index is 13.8. The van der Waals surface area contributed by atoms with Crippen LogP contribution in [-0.4, -0.2) is 12.0 Å². The predicted molar refractivity (Wildman–Crippen MR) is 112 cm³/mol. The van der Waals surface area contributed by atoms with E-state index < -0.39 is 11.9 Å². The molecule has 3 nitrogen and oxygen atoms in total. The number of carbonyl (C=O) groups is 1. The Hall–Kier alpha value is -2.79. The van der Waals surface area contributed by atoms with E-state index >= 15 is 0 Å². The molecule has 0 saturated heterocycles. The van der Waals surface area contributed by atoms with Crippen molar-refractivity contribution in [3.63, 3.8) is 0 Å². The number of nitrogens with one attached hydrogen (secondary N) is 1. The number of benzene rings is 3. The minimum Gasteiger partial charge on any atom is -0.478 e. The van der Waals surface area contributed by atoms with Crippen LogP contribution in [0.5, 0.6) is 5.75 Å². The summed E-state index contributed by atoms with van der Waals surface area (Å²) in [7, 11) is 0. The van der Waals surface area contributed by atoms with Crippen molar-refractivity contribution in [1.29, 1.82) is 0 Å². The van der Waals surface area contributed by atoms with Crippen LogP contribution in [0.15, 0.2) is 83.8 Å². The van der Waals surface area contributed by atoms with Gasteiger partial charge in [0.1, 0.15) is 0 Å². The molecule has 0 saturated carbocycles. The van der Waals surface area contributed by atoms with Gasteiger partial charge in [-0.2, -0.15) is 0 Å². The van der Waals surface area contributed by atoms with Crippen LogP contribution in [0.25, 0.3) is 0 Å². The smallest absolute Gasteiger partial charge is 0.265 e. The van der Waals surface area contributed by atoms with Gasteiger partial charge in [-0.25, -0.2) is 4.39 Å². The number of halogens is 1. The van der Waals surface area contributed by atoms with Crippen LogP contribution in [-0.2, 0) is 10.5 Å². The number of thioether (sulfide) groups is 1. The second-order valence-electron chi connectivity index (χ2n) is 6.23.